The number of hydrogen-bond acceptors (Lipinski definition) is 9. The fraction of sp³-hybridized carbons (Fsp3) is 0. The van der Waals surface area contributed by atoms with Crippen LogP contribution in [0, 0.1) is 0 Å². The lowest BCUT2D eigenvalue weighted by Gasteiger charge is -2.13. The third-order valence-electron chi connectivity index (χ3n) is 22.5. The van der Waals surface area contributed by atoms with E-state index in [2.05, 4.69) is 287 Å². The van der Waals surface area contributed by atoms with Crippen molar-refractivity contribution >= 4 is 98.3 Å². The summed E-state index contributed by atoms with van der Waals surface area (Å²) in [6.45, 7) is 0. The Morgan fingerprint density at radius 1 is 0.183 bits per heavy atom. The van der Waals surface area contributed by atoms with E-state index in [0.717, 1.165) is 172 Å². The van der Waals surface area contributed by atoms with Crippen molar-refractivity contribution in [2.24, 2.45) is 0 Å². The molecule has 0 bridgehead atoms. The van der Waals surface area contributed by atoms with Gasteiger partial charge in [-0.15, -0.1) is 0 Å². The lowest BCUT2D eigenvalue weighted by atomic mass is 9.99. The minimum atomic E-state index is 0.638. The van der Waals surface area contributed by atoms with Crippen LogP contribution in [0.1, 0.15) is 0 Å². The molecule has 564 valence electrons. The van der Waals surface area contributed by atoms with Gasteiger partial charge in [0.1, 0.15) is 22.6 Å². The minimum Gasteiger partial charge on any atom is -0.464 e. The van der Waals surface area contributed by atoms with E-state index in [4.69, 9.17) is 43.2 Å². The summed E-state index contributed by atoms with van der Waals surface area (Å²) in [5.41, 5.74) is 26.0. The first-order chi connectivity index (χ1) is 59.5. The number of hydrogen-bond donors (Lipinski definition) is 0. The second kappa shape index (κ2) is 30.1. The molecule has 12 heteroatoms. The van der Waals surface area contributed by atoms with Gasteiger partial charge in [0, 0.05) is 82.6 Å². The highest BCUT2D eigenvalue weighted by Crippen LogP contribution is 2.43. The molecule has 12 nitrogen and oxygen atoms in total. The van der Waals surface area contributed by atoms with E-state index >= 15 is 0 Å². The van der Waals surface area contributed by atoms with Crippen LogP contribution in [0.2, 0.25) is 0 Å². The second-order valence-electron chi connectivity index (χ2n) is 29.7. The molecule has 120 heavy (non-hydrogen) atoms. The molecule has 15 aromatic carbocycles. The second-order valence-corrected chi connectivity index (χ2v) is 29.7. The van der Waals surface area contributed by atoms with E-state index in [1.165, 1.54) is 21.9 Å². The molecule has 24 rings (SSSR count). The van der Waals surface area contributed by atoms with E-state index in [9.17, 15) is 0 Å². The summed E-state index contributed by atoms with van der Waals surface area (Å²) >= 11 is 0. The van der Waals surface area contributed by atoms with Crippen molar-refractivity contribution < 1.29 is 13.3 Å². The largest absolute Gasteiger partial charge is 0.464 e. The molecule has 24 aromatic rings. The monoisotopic (exact) mass is 1540 g/mol. The first-order valence-electron chi connectivity index (χ1n) is 40.0. The maximum absolute atomic E-state index is 5.99. The smallest absolute Gasteiger partial charge is 0.164 e. The van der Waals surface area contributed by atoms with E-state index in [-0.39, 0.29) is 0 Å². The summed E-state index contributed by atoms with van der Waals surface area (Å²) in [7, 11) is 0. The average Bonchev–Trinajstić information content (AvgIpc) is 1.60. The van der Waals surface area contributed by atoms with E-state index in [0.29, 0.717) is 23.3 Å². The van der Waals surface area contributed by atoms with Crippen molar-refractivity contribution in [2.75, 3.05) is 0 Å². The van der Waals surface area contributed by atoms with Gasteiger partial charge in [0.25, 0.3) is 0 Å². The summed E-state index contributed by atoms with van der Waals surface area (Å²) in [6, 6.07) is 138. The Morgan fingerprint density at radius 3 is 0.867 bits per heavy atom. The number of nitrogens with zero attached hydrogens (tertiary/aromatic N) is 9. The SMILES string of the molecule is c1ccc(-c2cc(-c3ccc(-n4c5ccccc5c5c6occc6ccc54)cc3)nc(-c3ccccc3)n2)cc1.c1ccc(-c2ccc(-c3cc(-c4ccccc4)nc(-n4c5ccccc5c5c6occc6ccc54)c3)cc2)cc1.c1ccc(-c2nc(-c3ccccc3)nc(-c3ccc(-n4c5ccccc5c5c6occc6ccc54)cc3)n2)cc1. The molecule has 0 fully saturated rings. The van der Waals surface area contributed by atoms with Gasteiger partial charge >= 0.3 is 0 Å². The summed E-state index contributed by atoms with van der Waals surface area (Å²) in [6.07, 6.45) is 5.29. The number of para-hydroxylation sites is 3. The molecule has 0 unspecified atom stereocenters. The van der Waals surface area contributed by atoms with Gasteiger partial charge in [-0.3, -0.25) is 4.57 Å². The lowest BCUT2D eigenvalue weighted by Crippen LogP contribution is -2.00. The highest BCUT2D eigenvalue weighted by atomic mass is 16.3. The highest BCUT2D eigenvalue weighted by molar-refractivity contribution is 6.22. The molecule has 0 aliphatic rings. The fourth-order valence-electron chi connectivity index (χ4n) is 16.8. The minimum absolute atomic E-state index is 0.638. The fourth-order valence-corrected chi connectivity index (χ4v) is 16.8. The molecule has 0 aliphatic carbocycles. The maximum Gasteiger partial charge on any atom is 0.164 e. The molecule has 0 N–H and O–H groups in total. The van der Waals surface area contributed by atoms with E-state index in [1.807, 2.05) is 127 Å². The zero-order chi connectivity index (χ0) is 79.4. The predicted octanol–water partition coefficient (Wildman–Crippen LogP) is 28.0. The van der Waals surface area contributed by atoms with Gasteiger partial charge in [0.05, 0.1) is 85.1 Å². The number of fused-ring (bicyclic) bond motifs is 15. The summed E-state index contributed by atoms with van der Waals surface area (Å²) in [4.78, 5) is 29.7. The predicted molar refractivity (Wildman–Crippen MR) is 487 cm³/mol. The van der Waals surface area contributed by atoms with E-state index < -0.39 is 0 Å². The van der Waals surface area contributed by atoms with E-state index in [1.54, 1.807) is 18.8 Å². The molecule has 0 atom stereocenters. The van der Waals surface area contributed by atoms with Crippen LogP contribution >= 0.6 is 0 Å². The van der Waals surface area contributed by atoms with Crippen LogP contribution in [0.5, 0.6) is 0 Å². The zero-order valence-corrected chi connectivity index (χ0v) is 64.6. The molecular weight excluding hydrogens is 1470 g/mol. The van der Waals surface area contributed by atoms with Gasteiger partial charge < -0.3 is 22.4 Å². The number of aromatic nitrogens is 9. The van der Waals surface area contributed by atoms with Crippen LogP contribution in [0.25, 0.3) is 217 Å². The molecule has 0 saturated carbocycles. The summed E-state index contributed by atoms with van der Waals surface area (Å²) in [5.74, 6) is 3.53. The lowest BCUT2D eigenvalue weighted by molar-refractivity contribution is 0.619. The summed E-state index contributed by atoms with van der Waals surface area (Å²) in [5, 5.41) is 10.2. The maximum atomic E-state index is 5.99. The summed E-state index contributed by atoms with van der Waals surface area (Å²) < 4.78 is 24.7. The third-order valence-corrected chi connectivity index (χ3v) is 22.5. The van der Waals surface area contributed by atoms with Crippen LogP contribution in [-0.4, -0.2) is 43.6 Å². The number of furan rings is 3. The van der Waals surface area contributed by atoms with Crippen molar-refractivity contribution in [3.05, 3.63) is 419 Å². The Kier molecular flexibility index (Phi) is 17.6. The molecule has 9 aromatic heterocycles. The molecule has 0 spiro atoms. The van der Waals surface area contributed by atoms with Gasteiger partial charge in [-0.25, -0.2) is 29.9 Å². The van der Waals surface area contributed by atoms with Gasteiger partial charge in [-0.05, 0) is 150 Å². The van der Waals surface area contributed by atoms with Crippen LogP contribution in [-0.2, 0) is 0 Å². The van der Waals surface area contributed by atoms with Crippen molar-refractivity contribution in [1.82, 2.24) is 43.6 Å². The van der Waals surface area contributed by atoms with Crippen LogP contribution < -0.4 is 0 Å². The highest BCUT2D eigenvalue weighted by Gasteiger charge is 2.23. The molecule has 0 radical (unpaired) electrons. The van der Waals surface area contributed by atoms with Gasteiger partial charge in [-0.1, -0.05) is 273 Å². The number of rotatable bonds is 12. The molecule has 9 heterocycles. The first-order valence-corrected chi connectivity index (χ1v) is 40.0. The Labute approximate surface area is 688 Å². The normalized spacial score (nSPS) is 11.5. The van der Waals surface area contributed by atoms with Gasteiger partial charge in [0.2, 0.25) is 0 Å². The van der Waals surface area contributed by atoms with Crippen LogP contribution in [0.15, 0.2) is 432 Å². The van der Waals surface area contributed by atoms with Crippen LogP contribution in [0.4, 0.5) is 0 Å². The molecule has 0 saturated heterocycles. The number of pyridine rings is 1. The zero-order valence-electron chi connectivity index (χ0n) is 64.6. The Bertz CT molecular complexity index is 7490. The van der Waals surface area contributed by atoms with Gasteiger partial charge in [-0.2, -0.15) is 0 Å². The topological polar surface area (TPSA) is 132 Å². The first kappa shape index (κ1) is 70.2. The number of benzene rings is 15. The van der Waals surface area contributed by atoms with Crippen LogP contribution in [0.3, 0.4) is 0 Å². The Balaban J connectivity index is 0.000000108. The molecule has 0 aliphatic heterocycles. The average molecular weight is 1540 g/mol. The van der Waals surface area contributed by atoms with Gasteiger partial charge in [0.15, 0.2) is 23.3 Å². The van der Waals surface area contributed by atoms with Crippen molar-refractivity contribution in [1.29, 1.82) is 0 Å². The quantitative estimate of drug-likeness (QED) is 0.117. The molecule has 0 amide bonds. The van der Waals surface area contributed by atoms with Crippen molar-refractivity contribution in [2.45, 2.75) is 0 Å². The Morgan fingerprint density at radius 2 is 0.467 bits per heavy atom. The van der Waals surface area contributed by atoms with Crippen molar-refractivity contribution in [3.63, 3.8) is 0 Å². The third kappa shape index (κ3) is 12.8. The van der Waals surface area contributed by atoms with Crippen molar-refractivity contribution in [3.8, 4) is 119 Å². The standard InChI is InChI=1S/C37H24N2O.C36H23N3O.C35H22N4O/c1-3-9-25(10-4-1)26-15-17-27(18-16-26)30-23-32(28-11-5-2-6-12-28)38-35(24-30)39-33-14-8-7-13-31(33)36-34(39)20-19-29-21-22-40-37(29)36;1-3-9-24(10-4-1)30-23-31(38-36(37-30)27-11-5-2-6-12-27)25-15-18-28(19-16-25)39-32-14-8-7-13-29(32)34-33(39)20-17-26-21-22-40-35(26)34;1-3-9-24(10-4-1)33-36-34(25-11-5-2-6-12-25)38-35(37-33)26-15-18-27(19-16-26)39-29-14-8-7-13-28(29)31-30(39)20-17-23-21-22-40-32(23)31/h1-24H;1-23H;1-22H. The Hall–Kier alpha value is -16.4. The molecular formula is C108H69N9O3.